The number of hydrogen-bond acceptors (Lipinski definition) is 7. The van der Waals surface area contributed by atoms with E-state index in [1.807, 2.05) is 12.1 Å². The summed E-state index contributed by atoms with van der Waals surface area (Å²) in [5.41, 5.74) is 3.13. The molecular formula is C18H21N5O3. The van der Waals surface area contributed by atoms with Crippen molar-refractivity contribution in [2.24, 2.45) is 0 Å². The van der Waals surface area contributed by atoms with Gasteiger partial charge in [-0.3, -0.25) is 19.9 Å². The Kier molecular flexibility index (Phi) is 5.77. The number of nitrogens with zero attached hydrogens (tertiary/aromatic N) is 3. The van der Waals surface area contributed by atoms with Gasteiger partial charge in [-0.05, 0) is 30.2 Å². The van der Waals surface area contributed by atoms with E-state index in [4.69, 9.17) is 5.21 Å². The maximum Gasteiger partial charge on any atom is 0.267 e. The highest BCUT2D eigenvalue weighted by Crippen LogP contribution is 2.18. The molecule has 0 unspecified atom stereocenters. The summed E-state index contributed by atoms with van der Waals surface area (Å²) in [4.78, 5) is 21.8. The highest BCUT2D eigenvalue weighted by Gasteiger charge is 2.22. The van der Waals surface area contributed by atoms with Crippen LogP contribution in [0.15, 0.2) is 42.7 Å². The zero-order valence-corrected chi connectivity index (χ0v) is 14.2. The van der Waals surface area contributed by atoms with E-state index in [1.54, 1.807) is 24.5 Å². The molecule has 1 aromatic heterocycles. The van der Waals surface area contributed by atoms with Crippen LogP contribution < -0.4 is 10.8 Å². The van der Waals surface area contributed by atoms with Crippen LogP contribution in [0.4, 0.5) is 5.82 Å². The molecule has 0 spiro atoms. The number of anilines is 1. The van der Waals surface area contributed by atoms with E-state index in [0.29, 0.717) is 11.5 Å². The summed E-state index contributed by atoms with van der Waals surface area (Å²) in [7, 11) is 0. The predicted molar refractivity (Wildman–Crippen MR) is 96.4 cm³/mol. The molecule has 1 fully saturated rings. The lowest BCUT2D eigenvalue weighted by Crippen LogP contribution is -2.26. The van der Waals surface area contributed by atoms with Crippen molar-refractivity contribution in [3.63, 3.8) is 0 Å². The molecule has 8 heteroatoms. The Morgan fingerprint density at radius 2 is 2.23 bits per heavy atom. The van der Waals surface area contributed by atoms with Gasteiger partial charge in [0.15, 0.2) is 0 Å². The van der Waals surface area contributed by atoms with Gasteiger partial charge in [0.05, 0.1) is 18.1 Å². The van der Waals surface area contributed by atoms with Crippen LogP contribution in [0.5, 0.6) is 5.75 Å². The number of likely N-dealkylation sites (tertiary alicyclic amines) is 1. The zero-order valence-electron chi connectivity index (χ0n) is 14.2. The Morgan fingerprint density at radius 1 is 1.35 bits per heavy atom. The van der Waals surface area contributed by atoms with E-state index < -0.39 is 5.91 Å². The Morgan fingerprint density at radius 3 is 2.96 bits per heavy atom. The molecule has 8 nitrogen and oxygen atoms in total. The van der Waals surface area contributed by atoms with Gasteiger partial charge in [0.2, 0.25) is 0 Å². The molecule has 136 valence electrons. The lowest BCUT2D eigenvalue weighted by Gasteiger charge is -2.17. The maximum atomic E-state index is 10.9. The number of nitrogens with one attached hydrogen (secondary N) is 2. The Bertz CT molecular complexity index is 779. The number of carbonyl (C=O) groups is 1. The van der Waals surface area contributed by atoms with Gasteiger partial charge >= 0.3 is 0 Å². The molecule has 0 bridgehead atoms. The number of hydrogen-bond donors (Lipinski definition) is 4. The van der Waals surface area contributed by atoms with Gasteiger partial charge in [-0.1, -0.05) is 12.1 Å². The Balaban J connectivity index is 1.50. The molecule has 26 heavy (non-hydrogen) atoms. The van der Waals surface area contributed by atoms with E-state index in [9.17, 15) is 9.90 Å². The molecule has 2 heterocycles. The van der Waals surface area contributed by atoms with Crippen molar-refractivity contribution < 1.29 is 15.1 Å². The number of phenols is 1. The van der Waals surface area contributed by atoms with Crippen molar-refractivity contribution in [3.8, 4) is 5.75 Å². The van der Waals surface area contributed by atoms with E-state index in [-0.39, 0.29) is 11.8 Å². The summed E-state index contributed by atoms with van der Waals surface area (Å²) in [6.07, 6.45) is 6.82. The number of benzene rings is 1. The molecule has 1 atom stereocenters. The molecule has 1 aromatic carbocycles. The molecule has 0 saturated carbocycles. The largest absolute Gasteiger partial charge is 0.508 e. The summed E-state index contributed by atoms with van der Waals surface area (Å²) in [6.45, 7) is 2.66. The minimum absolute atomic E-state index is 0.281. The van der Waals surface area contributed by atoms with Crippen molar-refractivity contribution in [2.75, 3.05) is 18.4 Å². The number of carbonyl (C=O) groups excluding carboxylic acids is 1. The molecule has 2 aromatic rings. The van der Waals surface area contributed by atoms with Crippen molar-refractivity contribution >= 4 is 17.8 Å². The number of hydroxylamine groups is 1. The third-order valence-electron chi connectivity index (χ3n) is 4.13. The van der Waals surface area contributed by atoms with Gasteiger partial charge in [0, 0.05) is 31.8 Å². The molecule has 1 saturated heterocycles. The third-order valence-corrected chi connectivity index (χ3v) is 4.13. The second-order valence-corrected chi connectivity index (χ2v) is 6.17. The fourth-order valence-electron chi connectivity index (χ4n) is 2.91. The van der Waals surface area contributed by atoms with Gasteiger partial charge < -0.3 is 10.4 Å². The first-order valence-corrected chi connectivity index (χ1v) is 8.33. The van der Waals surface area contributed by atoms with Crippen molar-refractivity contribution in [2.45, 2.75) is 19.0 Å². The average Bonchev–Trinajstić information content (AvgIpc) is 3.07. The molecule has 1 amide bonds. The number of amides is 1. The highest BCUT2D eigenvalue weighted by atomic mass is 16.5. The number of phenolic OH excluding ortho intramolecular Hbond substituents is 1. The first-order chi connectivity index (χ1) is 12.6. The van der Waals surface area contributed by atoms with Crippen LogP contribution in [0.25, 0.3) is 6.08 Å². The van der Waals surface area contributed by atoms with Crippen LogP contribution in [-0.4, -0.2) is 50.2 Å². The first kappa shape index (κ1) is 17.8. The SMILES string of the molecule is O=C(C=Cc1cnc(N[C@@H]2CCN(Cc3cccc(O)c3)C2)cn1)NO. The highest BCUT2D eigenvalue weighted by molar-refractivity contribution is 5.90. The number of rotatable bonds is 6. The molecule has 4 N–H and O–H groups in total. The lowest BCUT2D eigenvalue weighted by molar-refractivity contribution is -0.124. The van der Waals surface area contributed by atoms with Gasteiger partial charge in [-0.2, -0.15) is 0 Å². The van der Waals surface area contributed by atoms with Crippen LogP contribution in [0.1, 0.15) is 17.7 Å². The second-order valence-electron chi connectivity index (χ2n) is 6.17. The topological polar surface area (TPSA) is 111 Å². The van der Waals surface area contributed by atoms with Crippen LogP contribution in [-0.2, 0) is 11.3 Å². The second kappa shape index (κ2) is 8.41. The third kappa shape index (κ3) is 5.01. The van der Waals surface area contributed by atoms with Crippen LogP contribution in [0.2, 0.25) is 0 Å². The first-order valence-electron chi connectivity index (χ1n) is 8.33. The van der Waals surface area contributed by atoms with E-state index >= 15 is 0 Å². The minimum Gasteiger partial charge on any atom is -0.508 e. The van der Waals surface area contributed by atoms with Crippen molar-refractivity contribution in [3.05, 3.63) is 54.0 Å². The summed E-state index contributed by atoms with van der Waals surface area (Å²) in [5, 5.41) is 21.3. The predicted octanol–water partition coefficient (Wildman–Crippen LogP) is 1.39. The van der Waals surface area contributed by atoms with Gasteiger partial charge in [-0.15, -0.1) is 0 Å². The molecule has 1 aliphatic rings. The Hall–Kier alpha value is -2.97. The van der Waals surface area contributed by atoms with Crippen LogP contribution in [0.3, 0.4) is 0 Å². The summed E-state index contributed by atoms with van der Waals surface area (Å²) >= 11 is 0. The summed E-state index contributed by atoms with van der Waals surface area (Å²) < 4.78 is 0. The fraction of sp³-hybridized carbons (Fsp3) is 0.278. The number of aromatic hydroxyl groups is 1. The standard InChI is InChI=1S/C18H21N5O3/c24-16-3-1-2-13(8-16)11-23-7-6-15(12-23)21-17-10-19-14(9-20-17)4-5-18(25)22-26/h1-5,8-10,15,24,26H,6-7,11-12H2,(H,20,21)(H,22,25)/t15-/m1/s1. The van der Waals surface area contributed by atoms with E-state index in [1.165, 1.54) is 17.6 Å². The van der Waals surface area contributed by atoms with E-state index in [2.05, 4.69) is 20.2 Å². The Labute approximate surface area is 151 Å². The lowest BCUT2D eigenvalue weighted by atomic mass is 10.2. The van der Waals surface area contributed by atoms with Gasteiger partial charge in [-0.25, -0.2) is 10.5 Å². The molecule has 1 aliphatic heterocycles. The fourth-order valence-corrected chi connectivity index (χ4v) is 2.91. The molecule has 0 radical (unpaired) electrons. The molecular weight excluding hydrogens is 334 g/mol. The van der Waals surface area contributed by atoms with Crippen molar-refractivity contribution in [1.82, 2.24) is 20.3 Å². The van der Waals surface area contributed by atoms with Crippen LogP contribution in [0, 0.1) is 0 Å². The molecule has 0 aliphatic carbocycles. The van der Waals surface area contributed by atoms with Gasteiger partial charge in [0.25, 0.3) is 5.91 Å². The zero-order chi connectivity index (χ0) is 18.4. The minimum atomic E-state index is -0.619. The van der Waals surface area contributed by atoms with Gasteiger partial charge in [0.1, 0.15) is 11.6 Å². The quantitative estimate of drug-likeness (QED) is 0.352. The van der Waals surface area contributed by atoms with E-state index in [0.717, 1.165) is 31.6 Å². The average molecular weight is 355 g/mol. The summed E-state index contributed by atoms with van der Waals surface area (Å²) in [5.74, 6) is 0.349. The number of aromatic nitrogens is 2. The van der Waals surface area contributed by atoms with Crippen LogP contribution >= 0.6 is 0 Å². The maximum absolute atomic E-state index is 10.9. The molecule has 3 rings (SSSR count). The smallest absolute Gasteiger partial charge is 0.267 e. The van der Waals surface area contributed by atoms with Crippen molar-refractivity contribution in [1.29, 1.82) is 0 Å². The normalized spacial score (nSPS) is 17.5. The monoisotopic (exact) mass is 355 g/mol. The summed E-state index contributed by atoms with van der Waals surface area (Å²) in [6, 6.07) is 7.60.